The molecule has 0 aliphatic carbocycles. The van der Waals surface area contributed by atoms with E-state index in [1.807, 2.05) is 0 Å². The predicted octanol–water partition coefficient (Wildman–Crippen LogP) is 1.46. The summed E-state index contributed by atoms with van der Waals surface area (Å²) < 4.78 is 0. The van der Waals surface area contributed by atoms with E-state index in [9.17, 15) is 4.79 Å². The Labute approximate surface area is 122 Å². The number of amides is 1. The van der Waals surface area contributed by atoms with Crippen molar-refractivity contribution in [3.63, 3.8) is 0 Å². The zero-order valence-corrected chi connectivity index (χ0v) is 12.6. The van der Waals surface area contributed by atoms with Gasteiger partial charge in [0.2, 0.25) is 5.91 Å². The van der Waals surface area contributed by atoms with Crippen molar-refractivity contribution in [2.75, 3.05) is 39.3 Å². The van der Waals surface area contributed by atoms with Crippen molar-refractivity contribution in [1.29, 1.82) is 0 Å². The summed E-state index contributed by atoms with van der Waals surface area (Å²) in [6.07, 6.45) is 8.40. The number of nitrogens with zero attached hydrogens (tertiary/aromatic N) is 2. The van der Waals surface area contributed by atoms with Gasteiger partial charge >= 0.3 is 0 Å². The molecule has 0 saturated carbocycles. The average Bonchev–Trinajstić information content (AvgIpc) is 2.53. The highest BCUT2D eigenvalue weighted by molar-refractivity contribution is 5.76. The molecule has 0 aromatic carbocycles. The van der Waals surface area contributed by atoms with Gasteiger partial charge in [0, 0.05) is 32.1 Å². The molecule has 1 amide bonds. The van der Waals surface area contributed by atoms with Crippen LogP contribution < -0.4 is 5.32 Å². The van der Waals surface area contributed by atoms with Crippen molar-refractivity contribution in [3.05, 3.63) is 0 Å². The SMILES string of the molecule is O=C(CCC1CCCNC1)N1CCN2CCCCC2C1. The molecule has 3 fully saturated rings. The van der Waals surface area contributed by atoms with Crippen LogP contribution in [-0.4, -0.2) is 61.0 Å². The highest BCUT2D eigenvalue weighted by Gasteiger charge is 2.30. The van der Waals surface area contributed by atoms with Crippen LogP contribution in [0.4, 0.5) is 0 Å². The van der Waals surface area contributed by atoms with E-state index in [4.69, 9.17) is 0 Å². The van der Waals surface area contributed by atoms with Crippen molar-refractivity contribution in [2.24, 2.45) is 5.92 Å². The van der Waals surface area contributed by atoms with Crippen LogP contribution in [0.2, 0.25) is 0 Å². The fourth-order valence-corrected chi connectivity index (χ4v) is 4.04. The first kappa shape index (κ1) is 14.3. The fraction of sp³-hybridized carbons (Fsp3) is 0.938. The predicted molar refractivity (Wildman–Crippen MR) is 80.6 cm³/mol. The van der Waals surface area contributed by atoms with E-state index in [-0.39, 0.29) is 0 Å². The zero-order chi connectivity index (χ0) is 13.8. The van der Waals surface area contributed by atoms with Crippen LogP contribution in [0.1, 0.15) is 44.9 Å². The van der Waals surface area contributed by atoms with Crippen LogP contribution in [0, 0.1) is 5.92 Å². The Bertz CT molecular complexity index is 328. The molecule has 114 valence electrons. The number of fused-ring (bicyclic) bond motifs is 1. The largest absolute Gasteiger partial charge is 0.340 e. The molecular weight excluding hydrogens is 250 g/mol. The molecule has 0 radical (unpaired) electrons. The molecule has 1 N–H and O–H groups in total. The van der Waals surface area contributed by atoms with Crippen molar-refractivity contribution in [2.45, 2.75) is 51.0 Å². The molecule has 0 aromatic rings. The Morgan fingerprint density at radius 3 is 2.90 bits per heavy atom. The molecule has 0 bridgehead atoms. The molecular formula is C16H29N3O. The maximum absolute atomic E-state index is 12.4. The van der Waals surface area contributed by atoms with Crippen molar-refractivity contribution in [1.82, 2.24) is 15.1 Å². The number of rotatable bonds is 3. The van der Waals surface area contributed by atoms with Crippen LogP contribution in [0.5, 0.6) is 0 Å². The third kappa shape index (κ3) is 3.53. The van der Waals surface area contributed by atoms with Gasteiger partial charge in [0.05, 0.1) is 0 Å². The van der Waals surface area contributed by atoms with E-state index in [2.05, 4.69) is 15.1 Å². The summed E-state index contributed by atoms with van der Waals surface area (Å²) in [6.45, 7) is 6.57. The van der Waals surface area contributed by atoms with Crippen molar-refractivity contribution >= 4 is 5.91 Å². The van der Waals surface area contributed by atoms with Gasteiger partial charge in [-0.05, 0) is 57.7 Å². The fourth-order valence-electron chi connectivity index (χ4n) is 4.04. The van der Waals surface area contributed by atoms with E-state index in [0.29, 0.717) is 11.9 Å². The summed E-state index contributed by atoms with van der Waals surface area (Å²) in [5.74, 6) is 1.13. The lowest BCUT2D eigenvalue weighted by Gasteiger charge is -2.44. The van der Waals surface area contributed by atoms with Crippen LogP contribution in [-0.2, 0) is 4.79 Å². The molecule has 3 heterocycles. The number of carbonyl (C=O) groups excluding carboxylic acids is 1. The van der Waals surface area contributed by atoms with E-state index < -0.39 is 0 Å². The topological polar surface area (TPSA) is 35.6 Å². The minimum atomic E-state index is 0.404. The molecule has 3 rings (SSSR count). The summed E-state index contributed by atoms with van der Waals surface area (Å²) >= 11 is 0. The first-order valence-corrected chi connectivity index (χ1v) is 8.55. The Morgan fingerprint density at radius 2 is 2.05 bits per heavy atom. The summed E-state index contributed by atoms with van der Waals surface area (Å²) in [5.41, 5.74) is 0. The quantitative estimate of drug-likeness (QED) is 0.849. The van der Waals surface area contributed by atoms with Gasteiger partial charge < -0.3 is 10.2 Å². The van der Waals surface area contributed by atoms with Gasteiger partial charge in [-0.3, -0.25) is 9.69 Å². The number of nitrogens with one attached hydrogen (secondary N) is 1. The maximum Gasteiger partial charge on any atom is 0.222 e. The number of hydrogen-bond donors (Lipinski definition) is 1. The van der Waals surface area contributed by atoms with Crippen molar-refractivity contribution < 1.29 is 4.79 Å². The zero-order valence-electron chi connectivity index (χ0n) is 12.6. The minimum absolute atomic E-state index is 0.404. The Hall–Kier alpha value is -0.610. The first-order valence-electron chi connectivity index (χ1n) is 8.55. The monoisotopic (exact) mass is 279 g/mol. The highest BCUT2D eigenvalue weighted by atomic mass is 16.2. The molecule has 0 spiro atoms. The van der Waals surface area contributed by atoms with Gasteiger partial charge in [-0.2, -0.15) is 0 Å². The summed E-state index contributed by atoms with van der Waals surface area (Å²) in [6, 6.07) is 0.651. The highest BCUT2D eigenvalue weighted by Crippen LogP contribution is 2.22. The lowest BCUT2D eigenvalue weighted by atomic mass is 9.94. The van der Waals surface area contributed by atoms with Crippen LogP contribution in [0.15, 0.2) is 0 Å². The van der Waals surface area contributed by atoms with Gasteiger partial charge in [-0.1, -0.05) is 6.42 Å². The molecule has 3 aliphatic rings. The second kappa shape index (κ2) is 6.90. The van der Waals surface area contributed by atoms with Crippen LogP contribution >= 0.6 is 0 Å². The van der Waals surface area contributed by atoms with Gasteiger partial charge in [-0.15, -0.1) is 0 Å². The van der Waals surface area contributed by atoms with E-state index in [1.54, 1.807) is 0 Å². The van der Waals surface area contributed by atoms with Crippen LogP contribution in [0.3, 0.4) is 0 Å². The molecule has 4 heteroatoms. The molecule has 2 atom stereocenters. The molecule has 3 saturated heterocycles. The molecule has 20 heavy (non-hydrogen) atoms. The Kier molecular flexibility index (Phi) is 4.94. The molecule has 4 nitrogen and oxygen atoms in total. The number of piperidine rings is 2. The number of hydrogen-bond acceptors (Lipinski definition) is 3. The van der Waals surface area contributed by atoms with Gasteiger partial charge in [-0.25, -0.2) is 0 Å². The maximum atomic E-state index is 12.4. The smallest absolute Gasteiger partial charge is 0.222 e. The molecule has 2 unspecified atom stereocenters. The van der Waals surface area contributed by atoms with Gasteiger partial charge in [0.25, 0.3) is 0 Å². The summed E-state index contributed by atoms with van der Waals surface area (Å²) in [4.78, 5) is 17.1. The molecule has 0 aromatic heterocycles. The van der Waals surface area contributed by atoms with E-state index in [1.165, 1.54) is 38.6 Å². The Morgan fingerprint density at radius 1 is 1.10 bits per heavy atom. The lowest BCUT2D eigenvalue weighted by Crippen LogP contribution is -2.56. The average molecular weight is 279 g/mol. The first-order chi connectivity index (χ1) is 9.83. The number of piperazine rings is 1. The summed E-state index contributed by atoms with van der Waals surface area (Å²) in [5, 5.41) is 3.44. The summed E-state index contributed by atoms with van der Waals surface area (Å²) in [7, 11) is 0. The van der Waals surface area contributed by atoms with E-state index in [0.717, 1.165) is 51.5 Å². The molecule has 3 aliphatic heterocycles. The van der Waals surface area contributed by atoms with E-state index >= 15 is 0 Å². The van der Waals surface area contributed by atoms with Gasteiger partial charge in [0.1, 0.15) is 0 Å². The lowest BCUT2D eigenvalue weighted by molar-refractivity contribution is -0.135. The third-order valence-corrected chi connectivity index (χ3v) is 5.36. The van der Waals surface area contributed by atoms with Crippen molar-refractivity contribution in [3.8, 4) is 0 Å². The third-order valence-electron chi connectivity index (χ3n) is 5.36. The Balaban J connectivity index is 1.42. The van der Waals surface area contributed by atoms with Crippen LogP contribution in [0.25, 0.3) is 0 Å². The second-order valence-electron chi connectivity index (χ2n) is 6.78. The normalized spacial score (nSPS) is 31.9. The standard InChI is InChI=1S/C16H29N3O/c20-16(7-6-14-4-3-8-17-12-14)19-11-10-18-9-2-1-5-15(18)13-19/h14-15,17H,1-13H2. The number of carbonyl (C=O) groups is 1. The van der Waals surface area contributed by atoms with Gasteiger partial charge in [0.15, 0.2) is 0 Å². The second-order valence-corrected chi connectivity index (χ2v) is 6.78. The minimum Gasteiger partial charge on any atom is -0.340 e.